The maximum atomic E-state index is 12.6. The molecule has 1 aromatic rings. The van der Waals surface area contributed by atoms with Crippen LogP contribution < -0.4 is 5.32 Å². The van der Waals surface area contributed by atoms with Crippen molar-refractivity contribution in [2.75, 3.05) is 0 Å². The molecule has 0 aliphatic carbocycles. The van der Waals surface area contributed by atoms with Crippen LogP contribution in [-0.2, 0) is 17.4 Å². The highest BCUT2D eigenvalue weighted by Crippen LogP contribution is 2.33. The van der Waals surface area contributed by atoms with Gasteiger partial charge in [-0.1, -0.05) is 6.07 Å². The van der Waals surface area contributed by atoms with Gasteiger partial charge in [-0.05, 0) is 36.6 Å². The molecule has 0 aromatic heterocycles. The molecule has 1 aliphatic heterocycles. The average Bonchev–Trinajstić information content (AvgIpc) is 2.25. The molecular formula is C12H12F3NO. The SMILES string of the molecule is CC1Cc2ccc(C(F)(F)F)cc2C(C=O)N1. The standard InChI is InChI=1S/C12H12F3NO/c1-7-4-8-2-3-9(12(13,14)15)5-10(8)11(6-17)16-7/h2-3,5-7,11,16H,4H2,1H3. The number of hydrogen-bond donors (Lipinski definition) is 1. The molecule has 2 atom stereocenters. The Morgan fingerprint density at radius 1 is 1.41 bits per heavy atom. The van der Waals surface area contributed by atoms with Gasteiger partial charge >= 0.3 is 6.18 Å². The van der Waals surface area contributed by atoms with Crippen molar-refractivity contribution in [2.45, 2.75) is 31.6 Å². The van der Waals surface area contributed by atoms with Gasteiger partial charge in [-0.2, -0.15) is 13.2 Å². The van der Waals surface area contributed by atoms with Crippen LogP contribution in [0.3, 0.4) is 0 Å². The summed E-state index contributed by atoms with van der Waals surface area (Å²) in [6.45, 7) is 1.90. The molecule has 0 amide bonds. The minimum Gasteiger partial charge on any atom is -0.301 e. The van der Waals surface area contributed by atoms with Crippen LogP contribution in [0.1, 0.15) is 29.7 Å². The van der Waals surface area contributed by atoms with Gasteiger partial charge in [0.1, 0.15) is 6.29 Å². The molecule has 0 saturated heterocycles. The van der Waals surface area contributed by atoms with Crippen molar-refractivity contribution in [3.63, 3.8) is 0 Å². The fraction of sp³-hybridized carbons (Fsp3) is 0.417. The molecule has 0 fully saturated rings. The minimum atomic E-state index is -4.37. The average molecular weight is 243 g/mol. The van der Waals surface area contributed by atoms with E-state index in [9.17, 15) is 18.0 Å². The van der Waals surface area contributed by atoms with E-state index in [0.717, 1.165) is 17.7 Å². The summed E-state index contributed by atoms with van der Waals surface area (Å²) in [5.41, 5.74) is 0.536. The number of carbonyl (C=O) groups is 1. The van der Waals surface area contributed by atoms with Crippen molar-refractivity contribution >= 4 is 6.29 Å². The number of benzene rings is 1. The molecular weight excluding hydrogens is 231 g/mol. The molecule has 2 nitrogen and oxygen atoms in total. The second-order valence-electron chi connectivity index (χ2n) is 4.30. The quantitative estimate of drug-likeness (QED) is 0.768. The van der Waals surface area contributed by atoms with Crippen molar-refractivity contribution in [3.05, 3.63) is 34.9 Å². The second-order valence-corrected chi connectivity index (χ2v) is 4.30. The summed E-state index contributed by atoms with van der Waals surface area (Å²) in [4.78, 5) is 10.9. The Bertz CT molecular complexity index is 442. The Kier molecular flexibility index (Phi) is 2.95. The summed E-state index contributed by atoms with van der Waals surface area (Å²) in [7, 11) is 0. The van der Waals surface area contributed by atoms with E-state index in [-0.39, 0.29) is 6.04 Å². The largest absolute Gasteiger partial charge is 0.416 e. The second kappa shape index (κ2) is 4.14. The van der Waals surface area contributed by atoms with Gasteiger partial charge in [0, 0.05) is 6.04 Å². The third-order valence-corrected chi connectivity index (χ3v) is 2.93. The molecule has 5 heteroatoms. The maximum Gasteiger partial charge on any atom is 0.416 e. The maximum absolute atomic E-state index is 12.6. The van der Waals surface area contributed by atoms with Crippen LogP contribution >= 0.6 is 0 Å². The highest BCUT2D eigenvalue weighted by atomic mass is 19.4. The summed E-state index contributed by atoms with van der Waals surface area (Å²) in [6.07, 6.45) is -3.09. The molecule has 1 aliphatic rings. The van der Waals surface area contributed by atoms with Crippen molar-refractivity contribution in [1.82, 2.24) is 5.32 Å². The van der Waals surface area contributed by atoms with Crippen molar-refractivity contribution < 1.29 is 18.0 Å². The van der Waals surface area contributed by atoms with E-state index in [1.165, 1.54) is 6.07 Å². The fourth-order valence-electron chi connectivity index (χ4n) is 2.14. The van der Waals surface area contributed by atoms with Crippen molar-refractivity contribution in [1.29, 1.82) is 0 Å². The van der Waals surface area contributed by atoms with Gasteiger partial charge in [0.2, 0.25) is 0 Å². The van der Waals surface area contributed by atoms with E-state index in [0.29, 0.717) is 18.3 Å². The number of fused-ring (bicyclic) bond motifs is 1. The zero-order chi connectivity index (χ0) is 12.6. The van der Waals surface area contributed by atoms with Gasteiger partial charge in [-0.15, -0.1) is 0 Å². The van der Waals surface area contributed by atoms with Crippen LogP contribution in [0.25, 0.3) is 0 Å². The van der Waals surface area contributed by atoms with E-state index in [4.69, 9.17) is 0 Å². The molecule has 1 heterocycles. The first-order valence-electron chi connectivity index (χ1n) is 5.33. The van der Waals surface area contributed by atoms with Crippen LogP contribution in [0.15, 0.2) is 18.2 Å². The molecule has 2 rings (SSSR count). The Balaban J connectivity index is 2.46. The third-order valence-electron chi connectivity index (χ3n) is 2.93. The first-order chi connectivity index (χ1) is 7.91. The Morgan fingerprint density at radius 2 is 2.12 bits per heavy atom. The number of nitrogens with one attached hydrogen (secondary N) is 1. The summed E-state index contributed by atoms with van der Waals surface area (Å²) >= 11 is 0. The minimum absolute atomic E-state index is 0.0921. The number of alkyl halides is 3. The van der Waals surface area contributed by atoms with Gasteiger partial charge in [-0.25, -0.2) is 0 Å². The lowest BCUT2D eigenvalue weighted by atomic mass is 9.90. The summed E-state index contributed by atoms with van der Waals surface area (Å²) < 4.78 is 37.7. The molecule has 0 radical (unpaired) electrons. The fourth-order valence-corrected chi connectivity index (χ4v) is 2.14. The monoisotopic (exact) mass is 243 g/mol. The Morgan fingerprint density at radius 3 is 2.71 bits per heavy atom. The van der Waals surface area contributed by atoms with E-state index in [1.54, 1.807) is 0 Å². The molecule has 2 unspecified atom stereocenters. The lowest BCUT2D eigenvalue weighted by Gasteiger charge is -2.28. The normalized spacial score (nSPS) is 24.2. The Labute approximate surface area is 96.8 Å². The Hall–Kier alpha value is -1.36. The van der Waals surface area contributed by atoms with Gasteiger partial charge in [0.15, 0.2) is 0 Å². The number of carbonyl (C=O) groups excluding carboxylic acids is 1. The van der Waals surface area contributed by atoms with E-state index >= 15 is 0 Å². The lowest BCUT2D eigenvalue weighted by Crippen LogP contribution is -2.38. The lowest BCUT2D eigenvalue weighted by molar-refractivity contribution is -0.137. The molecule has 0 spiro atoms. The van der Waals surface area contributed by atoms with Crippen molar-refractivity contribution in [3.8, 4) is 0 Å². The number of halogens is 3. The van der Waals surface area contributed by atoms with Crippen LogP contribution in [0.5, 0.6) is 0 Å². The highest BCUT2D eigenvalue weighted by molar-refractivity contribution is 5.64. The first-order valence-corrected chi connectivity index (χ1v) is 5.33. The topological polar surface area (TPSA) is 29.1 Å². The highest BCUT2D eigenvalue weighted by Gasteiger charge is 2.33. The van der Waals surface area contributed by atoms with Crippen LogP contribution in [0.2, 0.25) is 0 Å². The summed E-state index contributed by atoms with van der Waals surface area (Å²) in [5, 5.41) is 2.97. The van der Waals surface area contributed by atoms with E-state index < -0.39 is 17.8 Å². The van der Waals surface area contributed by atoms with Gasteiger partial charge in [-0.3, -0.25) is 0 Å². The molecule has 0 saturated carbocycles. The zero-order valence-electron chi connectivity index (χ0n) is 9.21. The molecule has 1 N–H and O–H groups in total. The summed E-state index contributed by atoms with van der Waals surface area (Å²) in [6, 6.07) is 3.04. The van der Waals surface area contributed by atoms with Crippen LogP contribution in [-0.4, -0.2) is 12.3 Å². The van der Waals surface area contributed by atoms with E-state index in [2.05, 4.69) is 5.32 Å². The number of hydrogen-bond acceptors (Lipinski definition) is 2. The smallest absolute Gasteiger partial charge is 0.301 e. The number of aldehydes is 1. The molecule has 0 bridgehead atoms. The first kappa shape index (κ1) is 12.1. The van der Waals surface area contributed by atoms with Gasteiger partial charge in [0.25, 0.3) is 0 Å². The zero-order valence-corrected chi connectivity index (χ0v) is 9.21. The van der Waals surface area contributed by atoms with Crippen LogP contribution in [0, 0.1) is 0 Å². The van der Waals surface area contributed by atoms with Crippen molar-refractivity contribution in [2.24, 2.45) is 0 Å². The molecule has 1 aromatic carbocycles. The van der Waals surface area contributed by atoms with E-state index in [1.807, 2.05) is 6.92 Å². The number of rotatable bonds is 1. The molecule has 17 heavy (non-hydrogen) atoms. The van der Waals surface area contributed by atoms with Gasteiger partial charge < -0.3 is 10.1 Å². The predicted molar refractivity (Wildman–Crippen MR) is 56.6 cm³/mol. The van der Waals surface area contributed by atoms with Crippen LogP contribution in [0.4, 0.5) is 13.2 Å². The third kappa shape index (κ3) is 2.34. The predicted octanol–water partition coefficient (Wildman–Crippen LogP) is 2.48. The van der Waals surface area contributed by atoms with Gasteiger partial charge in [0.05, 0.1) is 11.6 Å². The summed E-state index contributed by atoms with van der Waals surface area (Å²) in [5.74, 6) is 0. The molecule has 92 valence electrons.